The molecule has 0 unspecified atom stereocenters. The highest BCUT2D eigenvalue weighted by Crippen LogP contribution is 2.19. The van der Waals surface area contributed by atoms with Crippen LogP contribution >= 0.6 is 0 Å². The zero-order valence-corrected chi connectivity index (χ0v) is 16.6. The molecular weight excluding hydrogens is 324 g/mol. The largest absolute Gasteiger partial charge is 0.494 e. The molecule has 2 aromatic carbocycles. The van der Waals surface area contributed by atoms with Crippen LogP contribution in [0.5, 0.6) is 11.5 Å². The van der Waals surface area contributed by atoms with Crippen LogP contribution in [0.4, 0.5) is 11.4 Å². The van der Waals surface area contributed by atoms with Crippen molar-refractivity contribution in [3.8, 4) is 11.5 Å². The van der Waals surface area contributed by atoms with Crippen LogP contribution in [0.2, 0.25) is 0 Å². The second-order valence-corrected chi connectivity index (χ2v) is 6.89. The number of benzene rings is 2. The van der Waals surface area contributed by atoms with Gasteiger partial charge in [-0.15, -0.1) is 0 Å². The van der Waals surface area contributed by atoms with Gasteiger partial charge in [0.2, 0.25) is 0 Å². The second kappa shape index (κ2) is 10.6. The molecule has 0 atom stereocenters. The lowest BCUT2D eigenvalue weighted by Gasteiger charge is -2.13. The van der Waals surface area contributed by atoms with Gasteiger partial charge in [0.25, 0.3) is 0 Å². The fraction of sp³-hybridized carbons (Fsp3) is 0.455. The number of nitrogens with zero attached hydrogens (tertiary/aromatic N) is 2. The van der Waals surface area contributed by atoms with Crippen molar-refractivity contribution in [2.45, 2.75) is 25.7 Å². The maximum atomic E-state index is 5.79. The Hall–Kier alpha value is -2.36. The van der Waals surface area contributed by atoms with E-state index in [0.29, 0.717) is 0 Å². The summed E-state index contributed by atoms with van der Waals surface area (Å²) >= 11 is 0. The van der Waals surface area contributed by atoms with E-state index in [0.717, 1.165) is 37.6 Å². The number of ether oxygens (including phenoxy) is 2. The van der Waals surface area contributed by atoms with Crippen LogP contribution in [0.1, 0.15) is 25.7 Å². The average molecular weight is 357 g/mol. The van der Waals surface area contributed by atoms with E-state index >= 15 is 0 Å². The van der Waals surface area contributed by atoms with Crippen molar-refractivity contribution in [3.05, 3.63) is 48.5 Å². The molecule has 0 amide bonds. The highest BCUT2D eigenvalue weighted by Gasteiger charge is 1.99. The smallest absolute Gasteiger partial charge is 0.119 e. The lowest BCUT2D eigenvalue weighted by atomic mass is 10.2. The van der Waals surface area contributed by atoms with E-state index < -0.39 is 0 Å². The Morgan fingerprint density at radius 1 is 0.538 bits per heavy atom. The highest BCUT2D eigenvalue weighted by atomic mass is 16.5. The van der Waals surface area contributed by atoms with E-state index in [4.69, 9.17) is 9.47 Å². The van der Waals surface area contributed by atoms with Crippen LogP contribution in [-0.4, -0.2) is 41.4 Å². The van der Waals surface area contributed by atoms with Crippen LogP contribution in [-0.2, 0) is 0 Å². The van der Waals surface area contributed by atoms with Crippen molar-refractivity contribution >= 4 is 11.4 Å². The molecule has 0 saturated carbocycles. The maximum Gasteiger partial charge on any atom is 0.119 e. The third-order valence-corrected chi connectivity index (χ3v) is 4.28. The maximum absolute atomic E-state index is 5.79. The van der Waals surface area contributed by atoms with Crippen molar-refractivity contribution in [2.75, 3.05) is 51.2 Å². The number of unbranched alkanes of at least 4 members (excludes halogenated alkanes) is 3. The molecule has 2 aromatic rings. The molecule has 0 fully saturated rings. The molecule has 0 aromatic heterocycles. The van der Waals surface area contributed by atoms with Crippen molar-refractivity contribution < 1.29 is 9.47 Å². The fourth-order valence-electron chi connectivity index (χ4n) is 2.62. The lowest BCUT2D eigenvalue weighted by Crippen LogP contribution is -2.08. The Balaban J connectivity index is 1.51. The van der Waals surface area contributed by atoms with Crippen LogP contribution in [0, 0.1) is 0 Å². The Bertz CT molecular complexity index is 564. The van der Waals surface area contributed by atoms with E-state index in [1.807, 2.05) is 52.5 Å². The van der Waals surface area contributed by atoms with Crippen molar-refractivity contribution in [2.24, 2.45) is 0 Å². The molecular formula is C22H32N2O2. The molecule has 0 radical (unpaired) electrons. The van der Waals surface area contributed by atoms with Gasteiger partial charge >= 0.3 is 0 Å². The molecule has 4 nitrogen and oxygen atoms in total. The zero-order valence-electron chi connectivity index (χ0n) is 16.6. The van der Waals surface area contributed by atoms with Gasteiger partial charge in [-0.25, -0.2) is 0 Å². The van der Waals surface area contributed by atoms with E-state index in [-0.39, 0.29) is 0 Å². The summed E-state index contributed by atoms with van der Waals surface area (Å²) in [5.74, 6) is 1.89. The molecule has 0 aliphatic heterocycles. The summed E-state index contributed by atoms with van der Waals surface area (Å²) in [6, 6.07) is 16.5. The van der Waals surface area contributed by atoms with Gasteiger partial charge in [-0.3, -0.25) is 0 Å². The first-order valence-electron chi connectivity index (χ1n) is 9.36. The van der Waals surface area contributed by atoms with Gasteiger partial charge in [0.15, 0.2) is 0 Å². The Morgan fingerprint density at radius 2 is 0.885 bits per heavy atom. The van der Waals surface area contributed by atoms with Gasteiger partial charge < -0.3 is 19.3 Å². The molecule has 0 spiro atoms. The number of hydrogen-bond acceptors (Lipinski definition) is 4. The molecule has 0 aliphatic carbocycles. The summed E-state index contributed by atoms with van der Waals surface area (Å²) < 4.78 is 11.6. The normalized spacial score (nSPS) is 10.5. The third-order valence-electron chi connectivity index (χ3n) is 4.28. The molecule has 0 aliphatic rings. The molecule has 4 heteroatoms. The van der Waals surface area contributed by atoms with Crippen LogP contribution in [0.15, 0.2) is 48.5 Å². The predicted octanol–water partition coefficient (Wildman–Crippen LogP) is 4.84. The molecule has 0 saturated heterocycles. The summed E-state index contributed by atoms with van der Waals surface area (Å²) in [5.41, 5.74) is 2.38. The summed E-state index contributed by atoms with van der Waals surface area (Å²) in [7, 11) is 8.16. The average Bonchev–Trinajstić information content (AvgIpc) is 2.64. The van der Waals surface area contributed by atoms with Crippen molar-refractivity contribution in [3.63, 3.8) is 0 Å². The van der Waals surface area contributed by atoms with Crippen molar-refractivity contribution in [1.82, 2.24) is 0 Å². The number of rotatable bonds is 11. The highest BCUT2D eigenvalue weighted by molar-refractivity contribution is 5.48. The summed E-state index contributed by atoms with van der Waals surface area (Å²) in [6.45, 7) is 1.54. The minimum absolute atomic E-state index is 0.772. The second-order valence-electron chi connectivity index (χ2n) is 6.89. The molecule has 142 valence electrons. The van der Waals surface area contributed by atoms with Crippen molar-refractivity contribution in [1.29, 1.82) is 0 Å². The van der Waals surface area contributed by atoms with E-state index in [1.165, 1.54) is 24.2 Å². The van der Waals surface area contributed by atoms with Crippen LogP contribution in [0.3, 0.4) is 0 Å². The quantitative estimate of drug-likeness (QED) is 0.538. The van der Waals surface area contributed by atoms with Crippen LogP contribution in [0.25, 0.3) is 0 Å². The molecule has 26 heavy (non-hydrogen) atoms. The topological polar surface area (TPSA) is 24.9 Å². The first-order chi connectivity index (χ1) is 12.6. The van der Waals surface area contributed by atoms with Gasteiger partial charge in [-0.1, -0.05) is 0 Å². The van der Waals surface area contributed by atoms with Gasteiger partial charge in [-0.2, -0.15) is 0 Å². The van der Waals surface area contributed by atoms with E-state index in [1.54, 1.807) is 0 Å². The Kier molecular flexibility index (Phi) is 8.13. The van der Waals surface area contributed by atoms with E-state index in [9.17, 15) is 0 Å². The lowest BCUT2D eigenvalue weighted by molar-refractivity contribution is 0.287. The zero-order chi connectivity index (χ0) is 18.8. The molecule has 2 rings (SSSR count). The van der Waals surface area contributed by atoms with Crippen LogP contribution < -0.4 is 19.3 Å². The van der Waals surface area contributed by atoms with Gasteiger partial charge in [0, 0.05) is 39.6 Å². The fourth-order valence-corrected chi connectivity index (χ4v) is 2.62. The summed E-state index contributed by atoms with van der Waals surface area (Å²) in [6.07, 6.45) is 4.48. The third kappa shape index (κ3) is 6.87. The standard InChI is InChI=1S/C22H32N2O2/c1-23(2)19-9-13-21(14-10-19)25-17-7-5-6-8-18-26-22-15-11-20(12-16-22)24(3)4/h9-16H,5-8,17-18H2,1-4H3. The Labute approximate surface area is 158 Å². The van der Waals surface area contributed by atoms with E-state index in [2.05, 4.69) is 34.1 Å². The molecule has 0 bridgehead atoms. The van der Waals surface area contributed by atoms with Gasteiger partial charge in [0.05, 0.1) is 13.2 Å². The summed E-state index contributed by atoms with van der Waals surface area (Å²) in [5, 5.41) is 0. The Morgan fingerprint density at radius 3 is 1.19 bits per heavy atom. The molecule has 0 heterocycles. The van der Waals surface area contributed by atoms with Gasteiger partial charge in [0.1, 0.15) is 11.5 Å². The predicted molar refractivity (Wildman–Crippen MR) is 111 cm³/mol. The molecule has 0 N–H and O–H groups in total. The van der Waals surface area contributed by atoms with Gasteiger partial charge in [-0.05, 0) is 74.2 Å². The minimum atomic E-state index is 0.772. The monoisotopic (exact) mass is 356 g/mol. The number of hydrogen-bond donors (Lipinski definition) is 0. The first kappa shape index (κ1) is 20.0. The number of anilines is 2. The first-order valence-corrected chi connectivity index (χ1v) is 9.36. The SMILES string of the molecule is CN(C)c1ccc(OCCCCCCOc2ccc(N(C)C)cc2)cc1. The summed E-state index contributed by atoms with van der Waals surface area (Å²) in [4.78, 5) is 4.17. The minimum Gasteiger partial charge on any atom is -0.494 e.